The zero-order chi connectivity index (χ0) is 17.8. The fourth-order valence-corrected chi connectivity index (χ4v) is 3.56. The second-order valence-corrected chi connectivity index (χ2v) is 6.95. The lowest BCUT2D eigenvalue weighted by atomic mass is 10.0. The lowest BCUT2D eigenvalue weighted by Crippen LogP contribution is -2.47. The number of likely N-dealkylation sites (tertiary alicyclic amines) is 2. The molecular weight excluding hydrogens is 318 g/mol. The van der Waals surface area contributed by atoms with Crippen molar-refractivity contribution < 1.29 is 14.4 Å². The maximum absolute atomic E-state index is 12.5. The fraction of sp³-hybridized carbons (Fsp3) is 0.526. The Labute approximate surface area is 148 Å². The highest BCUT2D eigenvalue weighted by Crippen LogP contribution is 2.21. The quantitative estimate of drug-likeness (QED) is 0.892. The molecule has 6 heteroatoms. The van der Waals surface area contributed by atoms with Gasteiger partial charge in [-0.25, -0.2) is 0 Å². The molecule has 0 radical (unpaired) electrons. The number of rotatable bonds is 4. The van der Waals surface area contributed by atoms with E-state index in [0.717, 1.165) is 18.4 Å². The number of benzene rings is 1. The van der Waals surface area contributed by atoms with Gasteiger partial charge in [0.05, 0.1) is 5.92 Å². The van der Waals surface area contributed by atoms with Gasteiger partial charge >= 0.3 is 0 Å². The van der Waals surface area contributed by atoms with Crippen LogP contribution in [-0.4, -0.2) is 53.2 Å². The monoisotopic (exact) mass is 343 g/mol. The Bertz CT molecular complexity index is 639. The predicted molar refractivity (Wildman–Crippen MR) is 93.4 cm³/mol. The molecule has 3 amide bonds. The molecule has 1 unspecified atom stereocenters. The van der Waals surface area contributed by atoms with Gasteiger partial charge in [0, 0.05) is 45.6 Å². The number of carbonyl (C=O) groups excluding carboxylic acids is 3. The number of amides is 3. The molecule has 3 rings (SSSR count). The Hall–Kier alpha value is -2.37. The first kappa shape index (κ1) is 17.5. The van der Waals surface area contributed by atoms with Crippen LogP contribution in [0.5, 0.6) is 0 Å². The van der Waals surface area contributed by atoms with Gasteiger partial charge in [-0.3, -0.25) is 14.4 Å². The summed E-state index contributed by atoms with van der Waals surface area (Å²) in [6.07, 6.45) is 1.84. The highest BCUT2D eigenvalue weighted by molar-refractivity contribution is 5.89. The Balaban J connectivity index is 1.49. The summed E-state index contributed by atoms with van der Waals surface area (Å²) in [4.78, 5) is 39.6. The Morgan fingerprint density at radius 1 is 1.16 bits per heavy atom. The number of piperidine rings is 1. The van der Waals surface area contributed by atoms with Crippen LogP contribution < -0.4 is 5.32 Å². The van der Waals surface area contributed by atoms with Gasteiger partial charge in [-0.05, 0) is 18.4 Å². The molecule has 2 saturated heterocycles. The van der Waals surface area contributed by atoms with E-state index in [4.69, 9.17) is 0 Å². The summed E-state index contributed by atoms with van der Waals surface area (Å²) in [6, 6.07) is 9.93. The molecule has 0 spiro atoms. The van der Waals surface area contributed by atoms with Crippen LogP contribution in [0.3, 0.4) is 0 Å². The van der Waals surface area contributed by atoms with Crippen molar-refractivity contribution in [2.24, 2.45) is 5.92 Å². The summed E-state index contributed by atoms with van der Waals surface area (Å²) in [5.74, 6) is -0.189. The van der Waals surface area contributed by atoms with E-state index >= 15 is 0 Å². The van der Waals surface area contributed by atoms with Crippen molar-refractivity contribution in [1.29, 1.82) is 0 Å². The SMILES string of the molecule is CC(=O)N1CCC(NC(=O)C2CC(=O)N(Cc3ccccc3)C2)CC1. The first-order valence-corrected chi connectivity index (χ1v) is 8.90. The standard InChI is InChI=1S/C19H25N3O3/c1-14(23)21-9-7-17(8-10-21)20-19(25)16-11-18(24)22(13-16)12-15-5-3-2-4-6-15/h2-6,16-17H,7-13H2,1H3,(H,20,25). The minimum absolute atomic E-state index is 0.0369. The van der Waals surface area contributed by atoms with Crippen molar-refractivity contribution in [2.75, 3.05) is 19.6 Å². The maximum atomic E-state index is 12.5. The second kappa shape index (κ2) is 7.68. The molecule has 25 heavy (non-hydrogen) atoms. The lowest BCUT2D eigenvalue weighted by Gasteiger charge is -2.32. The lowest BCUT2D eigenvalue weighted by molar-refractivity contribution is -0.131. The van der Waals surface area contributed by atoms with Crippen LogP contribution in [0.2, 0.25) is 0 Å². The van der Waals surface area contributed by atoms with Crippen molar-refractivity contribution >= 4 is 17.7 Å². The molecule has 6 nitrogen and oxygen atoms in total. The van der Waals surface area contributed by atoms with Gasteiger partial charge in [0.25, 0.3) is 0 Å². The van der Waals surface area contributed by atoms with Gasteiger partial charge in [0.15, 0.2) is 0 Å². The molecule has 1 aromatic carbocycles. The van der Waals surface area contributed by atoms with Crippen LogP contribution in [-0.2, 0) is 20.9 Å². The van der Waals surface area contributed by atoms with Gasteiger partial charge in [-0.1, -0.05) is 30.3 Å². The summed E-state index contributed by atoms with van der Waals surface area (Å²) in [5, 5.41) is 3.07. The van der Waals surface area contributed by atoms with Crippen molar-refractivity contribution in [3.8, 4) is 0 Å². The van der Waals surface area contributed by atoms with Crippen molar-refractivity contribution in [3.05, 3.63) is 35.9 Å². The van der Waals surface area contributed by atoms with Gasteiger partial charge in [-0.2, -0.15) is 0 Å². The van der Waals surface area contributed by atoms with Crippen LogP contribution in [0.4, 0.5) is 0 Å². The zero-order valence-corrected chi connectivity index (χ0v) is 14.6. The average Bonchev–Trinajstić information content (AvgIpc) is 2.97. The van der Waals surface area contributed by atoms with E-state index < -0.39 is 0 Å². The zero-order valence-electron chi connectivity index (χ0n) is 14.6. The van der Waals surface area contributed by atoms with E-state index in [1.807, 2.05) is 35.2 Å². The molecule has 2 heterocycles. The molecule has 134 valence electrons. The van der Waals surface area contributed by atoms with Gasteiger partial charge in [-0.15, -0.1) is 0 Å². The highest BCUT2D eigenvalue weighted by atomic mass is 16.2. The molecule has 2 aliphatic rings. The molecule has 1 aromatic rings. The first-order valence-electron chi connectivity index (χ1n) is 8.90. The van der Waals surface area contributed by atoms with Crippen LogP contribution in [0, 0.1) is 5.92 Å². The van der Waals surface area contributed by atoms with Gasteiger partial charge in [0.1, 0.15) is 0 Å². The Morgan fingerprint density at radius 3 is 2.48 bits per heavy atom. The molecule has 1 N–H and O–H groups in total. The summed E-state index contributed by atoms with van der Waals surface area (Å²) in [6.45, 7) is 3.98. The maximum Gasteiger partial charge on any atom is 0.225 e. The molecule has 1 atom stereocenters. The van der Waals surface area contributed by atoms with E-state index in [-0.39, 0.29) is 36.1 Å². The third-order valence-corrected chi connectivity index (χ3v) is 5.09. The van der Waals surface area contributed by atoms with E-state index in [0.29, 0.717) is 26.2 Å². The third kappa shape index (κ3) is 4.38. The molecular formula is C19H25N3O3. The Morgan fingerprint density at radius 2 is 1.84 bits per heavy atom. The topological polar surface area (TPSA) is 69.7 Å². The van der Waals surface area contributed by atoms with Crippen LogP contribution in [0.15, 0.2) is 30.3 Å². The van der Waals surface area contributed by atoms with Crippen molar-refractivity contribution in [3.63, 3.8) is 0 Å². The largest absolute Gasteiger partial charge is 0.353 e. The number of nitrogens with zero attached hydrogens (tertiary/aromatic N) is 2. The second-order valence-electron chi connectivity index (χ2n) is 6.95. The molecule has 0 bridgehead atoms. The summed E-state index contributed by atoms with van der Waals surface area (Å²) < 4.78 is 0. The molecule has 0 saturated carbocycles. The molecule has 2 fully saturated rings. The minimum atomic E-state index is -0.276. The summed E-state index contributed by atoms with van der Waals surface area (Å²) in [7, 11) is 0. The van der Waals surface area contributed by atoms with Gasteiger partial charge in [0.2, 0.25) is 17.7 Å². The highest BCUT2D eigenvalue weighted by Gasteiger charge is 2.35. The molecule has 0 aromatic heterocycles. The molecule has 0 aliphatic carbocycles. The summed E-state index contributed by atoms with van der Waals surface area (Å²) in [5.41, 5.74) is 1.08. The normalized spacial score (nSPS) is 21.5. The first-order chi connectivity index (χ1) is 12.0. The van der Waals surface area contributed by atoms with E-state index in [1.165, 1.54) is 0 Å². The van der Waals surface area contributed by atoms with Crippen LogP contribution in [0.1, 0.15) is 31.7 Å². The number of hydrogen-bond donors (Lipinski definition) is 1. The van der Waals surface area contributed by atoms with Gasteiger partial charge < -0.3 is 15.1 Å². The Kier molecular flexibility index (Phi) is 5.36. The fourth-order valence-electron chi connectivity index (χ4n) is 3.56. The van der Waals surface area contributed by atoms with E-state index in [1.54, 1.807) is 11.8 Å². The van der Waals surface area contributed by atoms with E-state index in [9.17, 15) is 14.4 Å². The number of carbonyl (C=O) groups is 3. The minimum Gasteiger partial charge on any atom is -0.353 e. The van der Waals surface area contributed by atoms with Crippen LogP contribution in [0.25, 0.3) is 0 Å². The summed E-state index contributed by atoms with van der Waals surface area (Å²) >= 11 is 0. The van der Waals surface area contributed by atoms with Crippen molar-refractivity contribution in [1.82, 2.24) is 15.1 Å². The van der Waals surface area contributed by atoms with Crippen LogP contribution >= 0.6 is 0 Å². The third-order valence-electron chi connectivity index (χ3n) is 5.09. The van der Waals surface area contributed by atoms with E-state index in [2.05, 4.69) is 5.32 Å². The molecule has 2 aliphatic heterocycles. The predicted octanol–water partition coefficient (Wildman–Crippen LogP) is 1.16. The number of hydrogen-bond acceptors (Lipinski definition) is 3. The smallest absolute Gasteiger partial charge is 0.225 e. The average molecular weight is 343 g/mol. The number of nitrogens with one attached hydrogen (secondary N) is 1. The van der Waals surface area contributed by atoms with Crippen molar-refractivity contribution in [2.45, 2.75) is 38.8 Å².